The van der Waals surface area contributed by atoms with Gasteiger partial charge in [0.15, 0.2) is 0 Å². The van der Waals surface area contributed by atoms with E-state index in [1.165, 1.54) is 12.8 Å². The van der Waals surface area contributed by atoms with Gasteiger partial charge in [0.25, 0.3) is 5.56 Å². The zero-order valence-corrected chi connectivity index (χ0v) is 11.5. The summed E-state index contributed by atoms with van der Waals surface area (Å²) in [7, 11) is 0. The second-order valence-corrected chi connectivity index (χ2v) is 5.26. The maximum atomic E-state index is 12.1. The molecule has 0 radical (unpaired) electrons. The molecule has 4 heteroatoms. The van der Waals surface area contributed by atoms with E-state index in [2.05, 4.69) is 16.8 Å². The lowest BCUT2D eigenvalue weighted by Crippen LogP contribution is -2.27. The fraction of sp³-hybridized carbons (Fsp3) is 0.467. The van der Waals surface area contributed by atoms with Gasteiger partial charge in [0.1, 0.15) is 5.65 Å². The second kappa shape index (κ2) is 4.78. The van der Waals surface area contributed by atoms with Crippen LogP contribution in [-0.4, -0.2) is 26.9 Å². The highest BCUT2D eigenvalue weighted by atomic mass is 16.1. The van der Waals surface area contributed by atoms with Crippen molar-refractivity contribution in [2.24, 2.45) is 0 Å². The number of rotatable bonds is 4. The quantitative estimate of drug-likeness (QED) is 0.840. The molecule has 4 nitrogen and oxygen atoms in total. The molecule has 2 aromatic rings. The molecule has 0 aliphatic heterocycles. The van der Waals surface area contributed by atoms with E-state index in [4.69, 9.17) is 0 Å². The van der Waals surface area contributed by atoms with E-state index in [0.717, 1.165) is 30.0 Å². The molecule has 0 aromatic carbocycles. The highest BCUT2D eigenvalue weighted by Gasteiger charge is 2.28. The van der Waals surface area contributed by atoms with Gasteiger partial charge in [-0.2, -0.15) is 0 Å². The van der Waals surface area contributed by atoms with Gasteiger partial charge in [-0.1, -0.05) is 13.0 Å². The Hall–Kier alpha value is -1.68. The van der Waals surface area contributed by atoms with Crippen molar-refractivity contribution < 1.29 is 0 Å². The van der Waals surface area contributed by atoms with E-state index >= 15 is 0 Å². The number of fused-ring (bicyclic) bond motifs is 1. The molecule has 3 rings (SSSR count). The fourth-order valence-corrected chi connectivity index (χ4v) is 2.54. The standard InChI is InChI=1S/C15H19N3O/c1-3-17(13-6-7-13)10-12-9-14(19)18-8-4-5-11(2)15(18)16-12/h4-5,8-9,13H,3,6-7,10H2,1-2H3. The summed E-state index contributed by atoms with van der Waals surface area (Å²) in [6.07, 6.45) is 4.33. The molecule has 2 heterocycles. The van der Waals surface area contributed by atoms with Gasteiger partial charge in [-0.25, -0.2) is 4.98 Å². The van der Waals surface area contributed by atoms with Crippen LogP contribution in [0.15, 0.2) is 29.2 Å². The minimum atomic E-state index is 0.00977. The van der Waals surface area contributed by atoms with Crippen LogP contribution in [0.2, 0.25) is 0 Å². The van der Waals surface area contributed by atoms with Crippen molar-refractivity contribution in [1.29, 1.82) is 0 Å². The molecule has 19 heavy (non-hydrogen) atoms. The average molecular weight is 257 g/mol. The van der Waals surface area contributed by atoms with E-state index in [1.807, 2.05) is 19.1 Å². The Morgan fingerprint density at radius 2 is 2.26 bits per heavy atom. The smallest absolute Gasteiger partial charge is 0.258 e. The zero-order valence-electron chi connectivity index (χ0n) is 11.5. The average Bonchev–Trinajstić information content (AvgIpc) is 3.22. The van der Waals surface area contributed by atoms with E-state index in [1.54, 1.807) is 16.7 Å². The molecule has 0 atom stereocenters. The monoisotopic (exact) mass is 257 g/mol. The van der Waals surface area contributed by atoms with Crippen LogP contribution in [-0.2, 0) is 6.54 Å². The molecule has 0 amide bonds. The third-order valence-electron chi connectivity index (χ3n) is 3.77. The van der Waals surface area contributed by atoms with E-state index in [0.29, 0.717) is 6.04 Å². The SMILES string of the molecule is CCN(Cc1cc(=O)n2cccc(C)c2n1)C1CC1. The minimum Gasteiger partial charge on any atom is -0.295 e. The molecule has 100 valence electrons. The Kier molecular flexibility index (Phi) is 3.11. The molecule has 2 aromatic heterocycles. The van der Waals surface area contributed by atoms with E-state index in [-0.39, 0.29) is 5.56 Å². The highest BCUT2D eigenvalue weighted by molar-refractivity contribution is 5.46. The van der Waals surface area contributed by atoms with Gasteiger partial charge >= 0.3 is 0 Å². The van der Waals surface area contributed by atoms with Crippen LogP contribution in [0.5, 0.6) is 0 Å². The van der Waals surface area contributed by atoms with Gasteiger partial charge in [-0.3, -0.25) is 14.1 Å². The Morgan fingerprint density at radius 1 is 1.47 bits per heavy atom. The molecule has 0 N–H and O–H groups in total. The van der Waals surface area contributed by atoms with Crippen molar-refractivity contribution >= 4 is 5.65 Å². The Morgan fingerprint density at radius 3 is 2.95 bits per heavy atom. The summed E-state index contributed by atoms with van der Waals surface area (Å²) in [5, 5.41) is 0. The zero-order chi connectivity index (χ0) is 13.4. The van der Waals surface area contributed by atoms with Crippen molar-refractivity contribution in [1.82, 2.24) is 14.3 Å². The summed E-state index contributed by atoms with van der Waals surface area (Å²) in [6.45, 7) is 5.95. The van der Waals surface area contributed by atoms with Crippen LogP contribution in [0.25, 0.3) is 5.65 Å². The molecule has 1 aliphatic rings. The van der Waals surface area contributed by atoms with E-state index < -0.39 is 0 Å². The Bertz CT molecular complexity index is 658. The van der Waals surface area contributed by atoms with Gasteiger partial charge in [0.05, 0.1) is 5.69 Å². The lowest BCUT2D eigenvalue weighted by molar-refractivity contribution is 0.266. The van der Waals surface area contributed by atoms with Gasteiger partial charge in [0.2, 0.25) is 0 Å². The van der Waals surface area contributed by atoms with Crippen molar-refractivity contribution in [3.63, 3.8) is 0 Å². The summed E-state index contributed by atoms with van der Waals surface area (Å²) in [6, 6.07) is 6.23. The Balaban J connectivity index is 2.00. The van der Waals surface area contributed by atoms with Crippen LogP contribution in [0, 0.1) is 6.92 Å². The summed E-state index contributed by atoms with van der Waals surface area (Å²) < 4.78 is 1.62. The largest absolute Gasteiger partial charge is 0.295 e. The van der Waals surface area contributed by atoms with Crippen LogP contribution in [0.1, 0.15) is 31.0 Å². The predicted octanol–water partition coefficient (Wildman–Crippen LogP) is 1.99. The molecule has 0 unspecified atom stereocenters. The fourth-order valence-electron chi connectivity index (χ4n) is 2.54. The lowest BCUT2D eigenvalue weighted by Gasteiger charge is -2.19. The molecule has 0 spiro atoms. The number of hydrogen-bond acceptors (Lipinski definition) is 3. The molecule has 1 fully saturated rings. The number of hydrogen-bond donors (Lipinski definition) is 0. The predicted molar refractivity (Wildman–Crippen MR) is 75.3 cm³/mol. The minimum absolute atomic E-state index is 0.00977. The first-order valence-electron chi connectivity index (χ1n) is 6.91. The molecule has 0 saturated heterocycles. The van der Waals surface area contributed by atoms with Crippen molar-refractivity contribution in [2.75, 3.05) is 6.54 Å². The first-order valence-corrected chi connectivity index (χ1v) is 6.91. The normalized spacial score (nSPS) is 15.3. The van der Waals surface area contributed by atoms with Crippen LogP contribution in [0.4, 0.5) is 0 Å². The molecule has 0 bridgehead atoms. The third-order valence-corrected chi connectivity index (χ3v) is 3.77. The number of pyridine rings is 1. The first-order chi connectivity index (χ1) is 9.19. The lowest BCUT2D eigenvalue weighted by atomic mass is 10.2. The number of aromatic nitrogens is 2. The first kappa shape index (κ1) is 12.4. The highest BCUT2D eigenvalue weighted by Crippen LogP contribution is 2.27. The molecule has 1 aliphatic carbocycles. The maximum Gasteiger partial charge on any atom is 0.258 e. The maximum absolute atomic E-state index is 12.1. The van der Waals surface area contributed by atoms with Gasteiger partial charge in [0, 0.05) is 24.8 Å². The van der Waals surface area contributed by atoms with Crippen molar-refractivity contribution in [3.8, 4) is 0 Å². The number of nitrogens with zero attached hydrogens (tertiary/aromatic N) is 3. The van der Waals surface area contributed by atoms with Gasteiger partial charge in [-0.15, -0.1) is 0 Å². The van der Waals surface area contributed by atoms with Crippen LogP contribution < -0.4 is 5.56 Å². The topological polar surface area (TPSA) is 37.6 Å². The van der Waals surface area contributed by atoms with E-state index in [9.17, 15) is 4.79 Å². The van der Waals surface area contributed by atoms with Crippen LogP contribution >= 0.6 is 0 Å². The third kappa shape index (κ3) is 2.40. The van der Waals surface area contributed by atoms with Gasteiger partial charge < -0.3 is 0 Å². The summed E-state index contributed by atoms with van der Waals surface area (Å²) in [5.41, 5.74) is 2.70. The molecule has 1 saturated carbocycles. The summed E-state index contributed by atoms with van der Waals surface area (Å²) >= 11 is 0. The Labute approximate surface area is 112 Å². The summed E-state index contributed by atoms with van der Waals surface area (Å²) in [5.74, 6) is 0. The molecular formula is C15H19N3O. The van der Waals surface area contributed by atoms with Crippen molar-refractivity contribution in [2.45, 2.75) is 39.3 Å². The molecular weight excluding hydrogens is 238 g/mol. The van der Waals surface area contributed by atoms with Crippen LogP contribution in [0.3, 0.4) is 0 Å². The summed E-state index contributed by atoms with van der Waals surface area (Å²) in [4.78, 5) is 19.2. The number of aryl methyl sites for hydroxylation is 1. The second-order valence-electron chi connectivity index (χ2n) is 5.26. The van der Waals surface area contributed by atoms with Gasteiger partial charge in [-0.05, 0) is 37.9 Å². The van der Waals surface area contributed by atoms with Crippen molar-refractivity contribution in [3.05, 3.63) is 46.0 Å².